The summed E-state index contributed by atoms with van der Waals surface area (Å²) in [6.07, 6.45) is 2.79. The largest absolute Gasteiger partial charge is 0.445 e. The molecule has 0 bridgehead atoms. The molecule has 0 spiro atoms. The molecule has 0 saturated heterocycles. The first kappa shape index (κ1) is 21.8. The van der Waals surface area contributed by atoms with E-state index in [4.69, 9.17) is 10.5 Å². The lowest BCUT2D eigenvalue weighted by Crippen LogP contribution is -2.53. The van der Waals surface area contributed by atoms with E-state index in [1.807, 2.05) is 43.5 Å². The molecule has 1 aromatic rings. The standard InChI is InChI=1S/C18H27N3O4S/c1-3-7-15(17(23)20-14(16(19)22)10-11-26-2)21-18(24)25-12-13-8-5-4-6-9-13/h4-6,8-9,14-15H,3,7,10-12H2,1-2H3,(H2,19,22)(H,20,23)(H,21,24)/t14-,15+/m0/s1. The summed E-state index contributed by atoms with van der Waals surface area (Å²) < 4.78 is 5.15. The molecule has 0 aliphatic carbocycles. The van der Waals surface area contributed by atoms with Crippen LogP contribution in [0.5, 0.6) is 0 Å². The molecule has 0 aromatic heterocycles. The number of ether oxygens (including phenoxy) is 1. The summed E-state index contributed by atoms with van der Waals surface area (Å²) in [6.45, 7) is 2.02. The molecular weight excluding hydrogens is 354 g/mol. The number of carbonyl (C=O) groups excluding carboxylic acids is 3. The summed E-state index contributed by atoms with van der Waals surface area (Å²) in [5.41, 5.74) is 6.19. The Morgan fingerprint density at radius 2 is 1.81 bits per heavy atom. The first-order chi connectivity index (χ1) is 12.5. The fourth-order valence-electron chi connectivity index (χ4n) is 2.26. The Morgan fingerprint density at radius 1 is 1.12 bits per heavy atom. The molecule has 0 heterocycles. The molecule has 144 valence electrons. The van der Waals surface area contributed by atoms with Gasteiger partial charge in [0.2, 0.25) is 11.8 Å². The fourth-order valence-corrected chi connectivity index (χ4v) is 2.73. The third kappa shape index (κ3) is 8.24. The van der Waals surface area contributed by atoms with E-state index in [0.717, 1.165) is 5.56 Å². The van der Waals surface area contributed by atoms with Crippen LogP contribution in [0.25, 0.3) is 0 Å². The fraction of sp³-hybridized carbons (Fsp3) is 0.500. The summed E-state index contributed by atoms with van der Waals surface area (Å²) in [6, 6.07) is 7.72. The third-order valence-corrected chi connectivity index (χ3v) is 4.31. The summed E-state index contributed by atoms with van der Waals surface area (Å²) >= 11 is 1.56. The van der Waals surface area contributed by atoms with Crippen molar-refractivity contribution in [3.63, 3.8) is 0 Å². The van der Waals surface area contributed by atoms with Gasteiger partial charge in [0.1, 0.15) is 18.7 Å². The van der Waals surface area contributed by atoms with Crippen molar-refractivity contribution in [3.05, 3.63) is 35.9 Å². The Hall–Kier alpha value is -2.22. The summed E-state index contributed by atoms with van der Waals surface area (Å²) in [5, 5.41) is 5.18. The lowest BCUT2D eigenvalue weighted by molar-refractivity contribution is -0.128. The van der Waals surface area contributed by atoms with Crippen LogP contribution in [-0.4, -0.2) is 42.0 Å². The molecule has 0 saturated carbocycles. The van der Waals surface area contributed by atoms with E-state index < -0.39 is 30.0 Å². The number of hydrogen-bond acceptors (Lipinski definition) is 5. The molecular formula is C18H27N3O4S. The van der Waals surface area contributed by atoms with Gasteiger partial charge in [-0.25, -0.2) is 4.79 Å². The Balaban J connectivity index is 2.57. The van der Waals surface area contributed by atoms with Crippen LogP contribution in [0.2, 0.25) is 0 Å². The van der Waals surface area contributed by atoms with Crippen molar-refractivity contribution in [1.29, 1.82) is 0 Å². The van der Waals surface area contributed by atoms with Crippen LogP contribution in [0.15, 0.2) is 30.3 Å². The van der Waals surface area contributed by atoms with Crippen LogP contribution in [0, 0.1) is 0 Å². The van der Waals surface area contributed by atoms with Gasteiger partial charge in [-0.3, -0.25) is 9.59 Å². The number of hydrogen-bond donors (Lipinski definition) is 3. The molecule has 7 nitrogen and oxygen atoms in total. The molecule has 0 unspecified atom stereocenters. The molecule has 2 atom stereocenters. The zero-order chi connectivity index (χ0) is 19.4. The molecule has 3 amide bonds. The Labute approximate surface area is 158 Å². The maximum Gasteiger partial charge on any atom is 0.408 e. The Kier molecular flexibility index (Phi) is 10.2. The van der Waals surface area contributed by atoms with E-state index in [9.17, 15) is 14.4 Å². The highest BCUT2D eigenvalue weighted by Gasteiger charge is 2.25. The van der Waals surface area contributed by atoms with Crippen LogP contribution in [0.1, 0.15) is 31.7 Å². The van der Waals surface area contributed by atoms with Gasteiger partial charge >= 0.3 is 6.09 Å². The number of amides is 3. The first-order valence-electron chi connectivity index (χ1n) is 8.53. The van der Waals surface area contributed by atoms with Gasteiger partial charge in [-0.1, -0.05) is 43.7 Å². The molecule has 8 heteroatoms. The number of benzene rings is 1. The number of nitrogens with two attached hydrogens (primary N) is 1. The Morgan fingerprint density at radius 3 is 2.38 bits per heavy atom. The topological polar surface area (TPSA) is 111 Å². The molecule has 0 fully saturated rings. The minimum atomic E-state index is -0.778. The first-order valence-corrected chi connectivity index (χ1v) is 9.93. The summed E-state index contributed by atoms with van der Waals surface area (Å²) in [5.74, 6) is -0.332. The normalized spacial score (nSPS) is 12.7. The van der Waals surface area contributed by atoms with Crippen molar-refractivity contribution in [1.82, 2.24) is 10.6 Å². The minimum Gasteiger partial charge on any atom is -0.445 e. The van der Waals surface area contributed by atoms with E-state index in [1.54, 1.807) is 11.8 Å². The van der Waals surface area contributed by atoms with Crippen molar-refractivity contribution in [2.45, 2.75) is 44.9 Å². The summed E-state index contributed by atoms with van der Waals surface area (Å²) in [7, 11) is 0. The molecule has 1 aromatic carbocycles. The van der Waals surface area contributed by atoms with Crippen molar-refractivity contribution in [3.8, 4) is 0 Å². The highest BCUT2D eigenvalue weighted by atomic mass is 32.2. The SMILES string of the molecule is CCC[C@@H](NC(=O)OCc1ccccc1)C(=O)N[C@@H](CCSC)C(N)=O. The highest BCUT2D eigenvalue weighted by molar-refractivity contribution is 7.98. The third-order valence-electron chi connectivity index (χ3n) is 3.67. The second-order valence-corrected chi connectivity index (χ2v) is 6.78. The lowest BCUT2D eigenvalue weighted by Gasteiger charge is -2.21. The average molecular weight is 381 g/mol. The Bertz CT molecular complexity index is 583. The minimum absolute atomic E-state index is 0.116. The predicted octanol–water partition coefficient (Wildman–Crippen LogP) is 1.80. The number of thioether (sulfide) groups is 1. The van der Waals surface area contributed by atoms with Gasteiger partial charge in [0, 0.05) is 0 Å². The van der Waals surface area contributed by atoms with E-state index in [1.165, 1.54) is 0 Å². The number of rotatable bonds is 11. The zero-order valence-corrected chi connectivity index (χ0v) is 16.0. The van der Waals surface area contributed by atoms with Gasteiger partial charge in [0.25, 0.3) is 0 Å². The van der Waals surface area contributed by atoms with E-state index in [-0.39, 0.29) is 6.61 Å². The zero-order valence-electron chi connectivity index (χ0n) is 15.2. The smallest absolute Gasteiger partial charge is 0.408 e. The van der Waals surface area contributed by atoms with Crippen LogP contribution < -0.4 is 16.4 Å². The average Bonchev–Trinajstić information content (AvgIpc) is 2.63. The maximum absolute atomic E-state index is 12.4. The van der Waals surface area contributed by atoms with Crippen molar-refractivity contribution >= 4 is 29.7 Å². The number of nitrogens with one attached hydrogen (secondary N) is 2. The van der Waals surface area contributed by atoms with Gasteiger partial charge in [-0.15, -0.1) is 0 Å². The van der Waals surface area contributed by atoms with Crippen LogP contribution in [0.4, 0.5) is 4.79 Å². The van der Waals surface area contributed by atoms with Gasteiger partial charge in [-0.2, -0.15) is 11.8 Å². The van der Waals surface area contributed by atoms with Crippen molar-refractivity contribution in [2.24, 2.45) is 5.73 Å². The van der Waals surface area contributed by atoms with Gasteiger partial charge in [0.15, 0.2) is 0 Å². The van der Waals surface area contributed by atoms with Crippen molar-refractivity contribution < 1.29 is 19.1 Å². The lowest BCUT2D eigenvalue weighted by atomic mass is 10.1. The maximum atomic E-state index is 12.4. The monoisotopic (exact) mass is 381 g/mol. The van der Waals surface area contributed by atoms with E-state index in [0.29, 0.717) is 25.0 Å². The highest BCUT2D eigenvalue weighted by Crippen LogP contribution is 2.05. The number of carbonyl (C=O) groups is 3. The van der Waals surface area contributed by atoms with Crippen LogP contribution in [-0.2, 0) is 20.9 Å². The van der Waals surface area contributed by atoms with Gasteiger partial charge in [0.05, 0.1) is 0 Å². The van der Waals surface area contributed by atoms with Crippen LogP contribution in [0.3, 0.4) is 0 Å². The van der Waals surface area contributed by atoms with Gasteiger partial charge < -0.3 is 21.1 Å². The molecule has 26 heavy (non-hydrogen) atoms. The molecule has 0 aliphatic heterocycles. The van der Waals surface area contributed by atoms with E-state index >= 15 is 0 Å². The summed E-state index contributed by atoms with van der Waals surface area (Å²) in [4.78, 5) is 35.9. The van der Waals surface area contributed by atoms with E-state index in [2.05, 4.69) is 10.6 Å². The molecule has 1 rings (SSSR count). The number of primary amides is 1. The second kappa shape index (κ2) is 12.2. The number of alkyl carbamates (subject to hydrolysis) is 1. The predicted molar refractivity (Wildman–Crippen MR) is 103 cm³/mol. The molecule has 0 radical (unpaired) electrons. The van der Waals surface area contributed by atoms with Crippen LogP contribution >= 0.6 is 11.8 Å². The molecule has 0 aliphatic rings. The molecule has 4 N–H and O–H groups in total. The quantitative estimate of drug-likeness (QED) is 0.541. The van der Waals surface area contributed by atoms with Crippen molar-refractivity contribution in [2.75, 3.05) is 12.0 Å². The second-order valence-electron chi connectivity index (χ2n) is 5.79. The van der Waals surface area contributed by atoms with Gasteiger partial charge in [-0.05, 0) is 30.4 Å².